The molecule has 0 amide bonds. The molecule has 2 rings (SSSR count). The summed E-state index contributed by atoms with van der Waals surface area (Å²) in [5.74, 6) is 0.672. The zero-order valence-electron chi connectivity index (χ0n) is 8.38. The maximum atomic E-state index is 5.44. The number of likely N-dealkylation sites (N-methyl/N-ethyl adjacent to an activating group) is 1. The van der Waals surface area contributed by atoms with Gasteiger partial charge in [-0.25, -0.2) is 0 Å². The smallest absolute Gasteiger partial charge is 0.0623 e. The summed E-state index contributed by atoms with van der Waals surface area (Å²) in [4.78, 5) is 0. The van der Waals surface area contributed by atoms with E-state index >= 15 is 0 Å². The summed E-state index contributed by atoms with van der Waals surface area (Å²) in [6.45, 7) is 2.93. The van der Waals surface area contributed by atoms with Crippen LogP contribution >= 0.6 is 0 Å². The molecule has 1 aliphatic heterocycles. The van der Waals surface area contributed by atoms with Gasteiger partial charge >= 0.3 is 0 Å². The van der Waals surface area contributed by atoms with Crippen LogP contribution in [0, 0.1) is 5.92 Å². The van der Waals surface area contributed by atoms with Gasteiger partial charge in [0.25, 0.3) is 0 Å². The van der Waals surface area contributed by atoms with E-state index in [0.717, 1.165) is 25.8 Å². The van der Waals surface area contributed by atoms with Crippen molar-refractivity contribution >= 4 is 0 Å². The molecule has 1 saturated carbocycles. The number of hydrogen-bond donors (Lipinski definition) is 2. The number of hydrogen-bond acceptors (Lipinski definition) is 3. The van der Waals surface area contributed by atoms with E-state index in [1.54, 1.807) is 0 Å². The van der Waals surface area contributed by atoms with Gasteiger partial charge in [0, 0.05) is 24.5 Å². The third-order valence-electron chi connectivity index (χ3n) is 3.34. The lowest BCUT2D eigenvalue weighted by atomic mass is 9.92. The second-order valence-electron chi connectivity index (χ2n) is 4.23. The monoisotopic (exact) mass is 184 g/mol. The first-order valence-corrected chi connectivity index (χ1v) is 5.38. The van der Waals surface area contributed by atoms with Crippen LogP contribution in [0.1, 0.15) is 19.3 Å². The Bertz CT molecular complexity index is 159. The predicted octanol–water partition coefficient (Wildman–Crippen LogP) is 0.363. The van der Waals surface area contributed by atoms with Crippen LogP contribution < -0.4 is 10.6 Å². The van der Waals surface area contributed by atoms with E-state index in [0.29, 0.717) is 12.0 Å². The molecule has 0 radical (unpaired) electrons. The Morgan fingerprint density at radius 2 is 2.15 bits per heavy atom. The first kappa shape index (κ1) is 9.44. The first-order chi connectivity index (χ1) is 6.40. The summed E-state index contributed by atoms with van der Waals surface area (Å²) in [6.07, 6.45) is 4.16. The van der Waals surface area contributed by atoms with Crippen LogP contribution in [0.2, 0.25) is 0 Å². The summed E-state index contributed by atoms with van der Waals surface area (Å²) < 4.78 is 5.44. The standard InChI is InChI=1S/C10H20N2O/c1-11-10-7-13-6-8(10)5-12-9-3-2-4-9/h8-12H,2-7H2,1H3. The van der Waals surface area contributed by atoms with Crippen molar-refractivity contribution in [2.24, 2.45) is 5.92 Å². The van der Waals surface area contributed by atoms with Gasteiger partial charge in [-0.15, -0.1) is 0 Å². The summed E-state index contributed by atoms with van der Waals surface area (Å²) in [5, 5.41) is 6.91. The second-order valence-corrected chi connectivity index (χ2v) is 4.23. The Morgan fingerprint density at radius 3 is 2.77 bits per heavy atom. The highest BCUT2D eigenvalue weighted by Crippen LogP contribution is 2.19. The van der Waals surface area contributed by atoms with E-state index in [2.05, 4.69) is 10.6 Å². The van der Waals surface area contributed by atoms with Gasteiger partial charge in [0.15, 0.2) is 0 Å². The van der Waals surface area contributed by atoms with E-state index in [9.17, 15) is 0 Å². The zero-order valence-corrected chi connectivity index (χ0v) is 8.38. The molecule has 0 spiro atoms. The third-order valence-corrected chi connectivity index (χ3v) is 3.34. The van der Waals surface area contributed by atoms with Gasteiger partial charge in [-0.2, -0.15) is 0 Å². The average Bonchev–Trinajstić information content (AvgIpc) is 2.49. The van der Waals surface area contributed by atoms with Gasteiger partial charge in [-0.05, 0) is 19.9 Å². The molecule has 1 saturated heterocycles. The normalized spacial score (nSPS) is 34.8. The summed E-state index contributed by atoms with van der Waals surface area (Å²) in [7, 11) is 2.02. The van der Waals surface area contributed by atoms with Crippen molar-refractivity contribution in [3.05, 3.63) is 0 Å². The molecule has 0 aromatic carbocycles. The molecule has 0 bridgehead atoms. The van der Waals surface area contributed by atoms with Crippen molar-refractivity contribution in [1.82, 2.24) is 10.6 Å². The summed E-state index contributed by atoms with van der Waals surface area (Å²) in [6, 6.07) is 1.37. The highest BCUT2D eigenvalue weighted by Gasteiger charge is 2.27. The van der Waals surface area contributed by atoms with Crippen LogP contribution in [-0.4, -0.2) is 38.9 Å². The number of rotatable bonds is 4. The minimum Gasteiger partial charge on any atom is -0.379 e. The van der Waals surface area contributed by atoms with Crippen LogP contribution in [0.15, 0.2) is 0 Å². The van der Waals surface area contributed by atoms with Gasteiger partial charge in [0.1, 0.15) is 0 Å². The molecule has 1 heterocycles. The molecule has 2 aliphatic rings. The molecule has 1 aliphatic carbocycles. The quantitative estimate of drug-likeness (QED) is 0.662. The summed E-state index contributed by atoms with van der Waals surface area (Å²) >= 11 is 0. The van der Waals surface area contributed by atoms with Gasteiger partial charge in [0.2, 0.25) is 0 Å². The highest BCUT2D eigenvalue weighted by atomic mass is 16.5. The molecular weight excluding hydrogens is 164 g/mol. The molecule has 2 N–H and O–H groups in total. The lowest BCUT2D eigenvalue weighted by Crippen LogP contribution is -2.43. The van der Waals surface area contributed by atoms with Gasteiger partial charge < -0.3 is 15.4 Å². The van der Waals surface area contributed by atoms with Crippen molar-refractivity contribution in [2.75, 3.05) is 26.8 Å². The van der Waals surface area contributed by atoms with Gasteiger partial charge in [0.05, 0.1) is 13.2 Å². The van der Waals surface area contributed by atoms with Crippen molar-refractivity contribution in [3.63, 3.8) is 0 Å². The van der Waals surface area contributed by atoms with Crippen molar-refractivity contribution in [2.45, 2.75) is 31.3 Å². The highest BCUT2D eigenvalue weighted by molar-refractivity contribution is 4.84. The average molecular weight is 184 g/mol. The minimum absolute atomic E-state index is 0.563. The molecule has 0 aromatic heterocycles. The van der Waals surface area contributed by atoms with Crippen LogP contribution in [0.25, 0.3) is 0 Å². The largest absolute Gasteiger partial charge is 0.379 e. The lowest BCUT2D eigenvalue weighted by molar-refractivity contribution is 0.181. The zero-order chi connectivity index (χ0) is 9.10. The second kappa shape index (κ2) is 4.40. The Morgan fingerprint density at radius 1 is 1.31 bits per heavy atom. The Kier molecular flexibility index (Phi) is 3.19. The van der Waals surface area contributed by atoms with Crippen LogP contribution in [0.3, 0.4) is 0 Å². The molecule has 2 unspecified atom stereocenters. The Balaban J connectivity index is 1.67. The van der Waals surface area contributed by atoms with E-state index in [1.165, 1.54) is 19.3 Å². The molecular formula is C10H20N2O. The number of nitrogens with one attached hydrogen (secondary N) is 2. The molecule has 13 heavy (non-hydrogen) atoms. The minimum atomic E-state index is 0.563. The van der Waals surface area contributed by atoms with E-state index < -0.39 is 0 Å². The van der Waals surface area contributed by atoms with E-state index in [1.807, 2.05) is 7.05 Å². The Hall–Kier alpha value is -0.120. The Labute approximate surface area is 80.2 Å². The molecule has 3 heteroatoms. The van der Waals surface area contributed by atoms with Crippen molar-refractivity contribution in [3.8, 4) is 0 Å². The van der Waals surface area contributed by atoms with Gasteiger partial charge in [-0.3, -0.25) is 0 Å². The van der Waals surface area contributed by atoms with Crippen molar-refractivity contribution in [1.29, 1.82) is 0 Å². The van der Waals surface area contributed by atoms with Gasteiger partial charge in [-0.1, -0.05) is 6.42 Å². The first-order valence-electron chi connectivity index (χ1n) is 5.38. The fourth-order valence-corrected chi connectivity index (χ4v) is 2.05. The maximum Gasteiger partial charge on any atom is 0.0623 e. The number of ether oxygens (including phenoxy) is 1. The summed E-state index contributed by atoms with van der Waals surface area (Å²) in [5.41, 5.74) is 0. The molecule has 2 atom stereocenters. The van der Waals surface area contributed by atoms with Crippen LogP contribution in [0.4, 0.5) is 0 Å². The van der Waals surface area contributed by atoms with Crippen molar-refractivity contribution < 1.29 is 4.74 Å². The molecule has 2 fully saturated rings. The fourth-order valence-electron chi connectivity index (χ4n) is 2.05. The maximum absolute atomic E-state index is 5.44. The molecule has 3 nitrogen and oxygen atoms in total. The fraction of sp³-hybridized carbons (Fsp3) is 1.00. The van der Waals surface area contributed by atoms with Crippen LogP contribution in [0.5, 0.6) is 0 Å². The van der Waals surface area contributed by atoms with E-state index in [4.69, 9.17) is 4.74 Å². The molecule has 0 aromatic rings. The SMILES string of the molecule is CNC1COCC1CNC1CCC1. The third kappa shape index (κ3) is 2.22. The molecule has 76 valence electrons. The topological polar surface area (TPSA) is 33.3 Å². The lowest BCUT2D eigenvalue weighted by Gasteiger charge is -2.28. The predicted molar refractivity (Wildman–Crippen MR) is 52.8 cm³/mol. The van der Waals surface area contributed by atoms with Crippen LogP contribution in [-0.2, 0) is 4.74 Å². The van der Waals surface area contributed by atoms with E-state index in [-0.39, 0.29) is 0 Å².